The summed E-state index contributed by atoms with van der Waals surface area (Å²) in [5.74, 6) is -0.852. The number of carbonyl (C=O) groups excluding carboxylic acids is 2. The molecule has 1 aliphatic rings. The van der Waals surface area contributed by atoms with Crippen molar-refractivity contribution in [1.82, 2.24) is 5.32 Å². The van der Waals surface area contributed by atoms with Crippen LogP contribution in [-0.4, -0.2) is 18.2 Å². The van der Waals surface area contributed by atoms with Crippen LogP contribution < -0.4 is 5.32 Å². The van der Waals surface area contributed by atoms with Crippen molar-refractivity contribution in [3.63, 3.8) is 0 Å². The van der Waals surface area contributed by atoms with E-state index < -0.39 is 5.92 Å². The highest BCUT2D eigenvalue weighted by Crippen LogP contribution is 2.20. The highest BCUT2D eigenvalue weighted by molar-refractivity contribution is 6.31. The van der Waals surface area contributed by atoms with Gasteiger partial charge in [0.2, 0.25) is 5.91 Å². The van der Waals surface area contributed by atoms with Gasteiger partial charge in [-0.2, -0.15) is 0 Å². The predicted molar refractivity (Wildman–Crippen MR) is 66.1 cm³/mol. The lowest BCUT2D eigenvalue weighted by Gasteiger charge is -2.11. The molecule has 1 fully saturated rings. The number of carbonyl (C=O) groups is 2. The van der Waals surface area contributed by atoms with E-state index in [1.807, 2.05) is 0 Å². The van der Waals surface area contributed by atoms with E-state index in [0.29, 0.717) is 23.6 Å². The topological polar surface area (TPSA) is 46.2 Å². The third kappa shape index (κ3) is 2.86. The fourth-order valence-corrected chi connectivity index (χ4v) is 2.22. The maximum Gasteiger partial charge on any atom is 0.230 e. The van der Waals surface area contributed by atoms with Crippen molar-refractivity contribution in [3.05, 3.63) is 34.9 Å². The lowest BCUT2D eigenvalue weighted by molar-refractivity contribution is -0.123. The van der Waals surface area contributed by atoms with Crippen LogP contribution in [0.5, 0.6) is 0 Å². The number of Topliss-reactive ketones (excluding diaryl/α,β-unsaturated/α-hetero) is 1. The molecule has 1 atom stereocenters. The van der Waals surface area contributed by atoms with Crippen molar-refractivity contribution in [2.75, 3.05) is 6.54 Å². The lowest BCUT2D eigenvalue weighted by Crippen LogP contribution is -2.33. The smallest absolute Gasteiger partial charge is 0.230 e. The van der Waals surface area contributed by atoms with Crippen LogP contribution in [0.25, 0.3) is 0 Å². The van der Waals surface area contributed by atoms with Gasteiger partial charge in [0.05, 0.1) is 0 Å². The number of amides is 1. The number of hydrogen-bond donors (Lipinski definition) is 1. The first-order chi connectivity index (χ1) is 8.18. The molecule has 0 spiro atoms. The Labute approximate surface area is 105 Å². The van der Waals surface area contributed by atoms with Gasteiger partial charge in [-0.3, -0.25) is 9.59 Å². The zero-order valence-corrected chi connectivity index (χ0v) is 10.2. The normalized spacial score (nSPS) is 20.5. The van der Waals surface area contributed by atoms with Gasteiger partial charge < -0.3 is 5.32 Å². The summed E-state index contributed by atoms with van der Waals surface area (Å²) in [7, 11) is 0. The summed E-state index contributed by atoms with van der Waals surface area (Å²) < 4.78 is 0. The van der Waals surface area contributed by atoms with Crippen molar-refractivity contribution < 1.29 is 9.59 Å². The molecule has 3 nitrogen and oxygen atoms in total. The molecular weight excluding hydrogens is 238 g/mol. The number of hydrogen-bond acceptors (Lipinski definition) is 2. The van der Waals surface area contributed by atoms with Crippen LogP contribution in [0.1, 0.15) is 29.6 Å². The van der Waals surface area contributed by atoms with Crippen molar-refractivity contribution >= 4 is 23.3 Å². The van der Waals surface area contributed by atoms with E-state index in [4.69, 9.17) is 11.6 Å². The second kappa shape index (κ2) is 5.32. The summed E-state index contributed by atoms with van der Waals surface area (Å²) in [6.07, 6.45) is 2.46. The van der Waals surface area contributed by atoms with Gasteiger partial charge >= 0.3 is 0 Å². The maximum atomic E-state index is 12.2. The molecule has 0 saturated carbocycles. The van der Waals surface area contributed by atoms with Crippen LogP contribution in [0.15, 0.2) is 24.3 Å². The minimum absolute atomic E-state index is 0.132. The van der Waals surface area contributed by atoms with E-state index >= 15 is 0 Å². The molecule has 1 aromatic carbocycles. The van der Waals surface area contributed by atoms with E-state index in [2.05, 4.69) is 5.32 Å². The third-order valence-corrected chi connectivity index (χ3v) is 3.20. The Kier molecular flexibility index (Phi) is 3.79. The minimum Gasteiger partial charge on any atom is -0.355 e. The molecule has 0 bridgehead atoms. The highest BCUT2D eigenvalue weighted by atomic mass is 35.5. The van der Waals surface area contributed by atoms with E-state index in [1.54, 1.807) is 24.3 Å². The molecule has 1 saturated heterocycles. The molecule has 90 valence electrons. The average Bonchev–Trinajstić information content (AvgIpc) is 2.53. The molecule has 1 N–H and O–H groups in total. The molecule has 1 unspecified atom stereocenters. The Balaban J connectivity index is 2.21. The Morgan fingerprint density at radius 2 is 2.18 bits per heavy atom. The lowest BCUT2D eigenvalue weighted by atomic mass is 9.93. The highest BCUT2D eigenvalue weighted by Gasteiger charge is 2.28. The fourth-order valence-electron chi connectivity index (χ4n) is 2.03. The van der Waals surface area contributed by atoms with Gasteiger partial charge in [0.15, 0.2) is 5.78 Å². The summed E-state index contributed by atoms with van der Waals surface area (Å²) in [6.45, 7) is 0.665. The summed E-state index contributed by atoms with van der Waals surface area (Å²) >= 11 is 5.84. The van der Waals surface area contributed by atoms with Crippen molar-refractivity contribution in [2.45, 2.75) is 19.3 Å². The molecule has 1 heterocycles. The third-order valence-electron chi connectivity index (χ3n) is 2.96. The van der Waals surface area contributed by atoms with Crippen molar-refractivity contribution in [3.8, 4) is 0 Å². The largest absolute Gasteiger partial charge is 0.355 e. The van der Waals surface area contributed by atoms with Gasteiger partial charge in [-0.1, -0.05) is 30.2 Å². The molecule has 1 aliphatic heterocycles. The van der Waals surface area contributed by atoms with E-state index in [-0.39, 0.29) is 11.7 Å². The monoisotopic (exact) mass is 251 g/mol. The summed E-state index contributed by atoms with van der Waals surface area (Å²) in [4.78, 5) is 23.9. The minimum atomic E-state index is -0.559. The van der Waals surface area contributed by atoms with Gasteiger partial charge in [0.1, 0.15) is 5.92 Å². The van der Waals surface area contributed by atoms with Gasteiger partial charge in [-0.25, -0.2) is 0 Å². The van der Waals surface area contributed by atoms with Gasteiger partial charge in [0.25, 0.3) is 0 Å². The van der Waals surface area contributed by atoms with Gasteiger partial charge in [-0.15, -0.1) is 0 Å². The first-order valence-corrected chi connectivity index (χ1v) is 6.14. The number of nitrogens with one attached hydrogen (secondary N) is 1. The number of halogens is 1. The second-order valence-corrected chi connectivity index (χ2v) is 4.65. The standard InChI is InChI=1S/C13H14ClNO2/c14-10-5-3-4-9(8-10)12(16)11-6-1-2-7-15-13(11)17/h3-5,8,11H,1-2,6-7H2,(H,15,17). The zero-order chi connectivity index (χ0) is 12.3. The molecule has 1 amide bonds. The van der Waals surface area contributed by atoms with E-state index in [9.17, 15) is 9.59 Å². The molecule has 0 aliphatic carbocycles. The van der Waals surface area contributed by atoms with Crippen LogP contribution in [0.3, 0.4) is 0 Å². The SMILES string of the molecule is O=C1NCCCCC1C(=O)c1cccc(Cl)c1. The fraction of sp³-hybridized carbons (Fsp3) is 0.385. The Bertz CT molecular complexity index is 445. The van der Waals surface area contributed by atoms with Crippen LogP contribution in [-0.2, 0) is 4.79 Å². The van der Waals surface area contributed by atoms with Crippen LogP contribution in [0.4, 0.5) is 0 Å². The molecular formula is C13H14ClNO2. The van der Waals surface area contributed by atoms with Crippen molar-refractivity contribution in [1.29, 1.82) is 0 Å². The van der Waals surface area contributed by atoms with Crippen molar-refractivity contribution in [2.24, 2.45) is 5.92 Å². The van der Waals surface area contributed by atoms with Crippen LogP contribution in [0, 0.1) is 5.92 Å². The second-order valence-electron chi connectivity index (χ2n) is 4.21. The zero-order valence-electron chi connectivity index (χ0n) is 9.41. The number of benzene rings is 1. The molecule has 0 radical (unpaired) electrons. The average molecular weight is 252 g/mol. The molecule has 2 rings (SSSR count). The first kappa shape index (κ1) is 12.1. The Morgan fingerprint density at radius 3 is 2.94 bits per heavy atom. The van der Waals surface area contributed by atoms with E-state index in [1.165, 1.54) is 0 Å². The predicted octanol–water partition coefficient (Wildman–Crippen LogP) is 2.44. The summed E-state index contributed by atoms with van der Waals surface area (Å²) in [5, 5.41) is 3.29. The Hall–Kier alpha value is -1.35. The maximum absolute atomic E-state index is 12.2. The summed E-state index contributed by atoms with van der Waals surface area (Å²) in [5.41, 5.74) is 0.513. The first-order valence-electron chi connectivity index (χ1n) is 5.76. The molecule has 0 aromatic heterocycles. The molecule has 17 heavy (non-hydrogen) atoms. The number of ketones is 1. The van der Waals surface area contributed by atoms with Gasteiger partial charge in [0, 0.05) is 17.1 Å². The van der Waals surface area contributed by atoms with E-state index in [0.717, 1.165) is 12.8 Å². The van der Waals surface area contributed by atoms with Crippen LogP contribution in [0.2, 0.25) is 5.02 Å². The van der Waals surface area contributed by atoms with Crippen LogP contribution >= 0.6 is 11.6 Å². The molecule has 1 aromatic rings. The number of rotatable bonds is 2. The van der Waals surface area contributed by atoms with Gasteiger partial charge in [-0.05, 0) is 25.0 Å². The quantitative estimate of drug-likeness (QED) is 0.648. The Morgan fingerprint density at radius 1 is 1.35 bits per heavy atom. The summed E-state index contributed by atoms with van der Waals surface area (Å²) in [6, 6.07) is 6.75. The molecule has 4 heteroatoms.